The maximum Gasteiger partial charge on any atom is 0.418 e. The summed E-state index contributed by atoms with van der Waals surface area (Å²) in [6.07, 6.45) is -4.75. The van der Waals surface area contributed by atoms with Gasteiger partial charge in [0.05, 0.1) is 11.1 Å². The van der Waals surface area contributed by atoms with Crippen LogP contribution in [0.5, 0.6) is 0 Å². The average Bonchev–Trinajstić information content (AvgIpc) is 2.56. The maximum absolute atomic E-state index is 13.4. The number of ketones is 1. The quantitative estimate of drug-likeness (QED) is 0.532. The molecule has 0 aliphatic heterocycles. The summed E-state index contributed by atoms with van der Waals surface area (Å²) in [7, 11) is 0. The third-order valence-electron chi connectivity index (χ3n) is 3.85. The second-order valence-electron chi connectivity index (χ2n) is 5.77. The Morgan fingerprint density at radius 1 is 1.07 bits per heavy atom. The first-order chi connectivity index (χ1) is 12.6. The lowest BCUT2D eigenvalue weighted by atomic mass is 10.0. The Labute approximate surface area is 160 Å². The number of H-pyrrole nitrogens is 1. The second-order valence-corrected chi connectivity index (χ2v) is 6.64. The standard InChI is InChI=1S/C18H11Cl2F3N2O2/c1-8(26)14-16(27)12-6-10(20)7-13(18(21,22)23)15(12)25-17(14)24-11-4-2-9(19)3-5-11/h2-7H,1H3,(H2,24,25,27). The molecule has 0 unspecified atom stereocenters. The smallest absolute Gasteiger partial charge is 0.341 e. The molecule has 0 atom stereocenters. The molecule has 0 saturated heterocycles. The lowest BCUT2D eigenvalue weighted by Gasteiger charge is -2.16. The number of aromatic nitrogens is 1. The van der Waals surface area contributed by atoms with E-state index in [2.05, 4.69) is 10.3 Å². The van der Waals surface area contributed by atoms with Gasteiger partial charge >= 0.3 is 6.18 Å². The lowest BCUT2D eigenvalue weighted by molar-refractivity contribution is -0.136. The van der Waals surface area contributed by atoms with Gasteiger partial charge in [-0.1, -0.05) is 23.2 Å². The number of anilines is 2. The van der Waals surface area contributed by atoms with E-state index in [1.165, 1.54) is 0 Å². The van der Waals surface area contributed by atoms with Gasteiger partial charge in [-0.3, -0.25) is 9.59 Å². The number of hydrogen-bond donors (Lipinski definition) is 2. The van der Waals surface area contributed by atoms with Crippen LogP contribution >= 0.6 is 23.2 Å². The van der Waals surface area contributed by atoms with Crippen LogP contribution in [0.1, 0.15) is 22.8 Å². The molecule has 140 valence electrons. The predicted molar refractivity (Wildman–Crippen MR) is 99.3 cm³/mol. The van der Waals surface area contributed by atoms with Crippen molar-refractivity contribution in [2.75, 3.05) is 5.32 Å². The average molecular weight is 415 g/mol. The SMILES string of the molecule is CC(=O)c1c(Nc2ccc(Cl)cc2)[nH]c2c(C(F)(F)F)cc(Cl)cc2c1=O. The van der Waals surface area contributed by atoms with Crippen LogP contribution in [-0.2, 0) is 6.18 Å². The molecule has 0 bridgehead atoms. The highest BCUT2D eigenvalue weighted by molar-refractivity contribution is 6.31. The molecule has 1 aromatic heterocycles. The highest BCUT2D eigenvalue weighted by Gasteiger charge is 2.34. The normalized spacial score (nSPS) is 11.6. The lowest BCUT2D eigenvalue weighted by Crippen LogP contribution is -2.19. The summed E-state index contributed by atoms with van der Waals surface area (Å²) >= 11 is 11.6. The van der Waals surface area contributed by atoms with Crippen molar-refractivity contribution in [3.63, 3.8) is 0 Å². The number of halogens is 5. The molecule has 2 N–H and O–H groups in total. The minimum absolute atomic E-state index is 0.143. The summed E-state index contributed by atoms with van der Waals surface area (Å²) in [5, 5.41) is 2.65. The minimum atomic E-state index is -4.75. The van der Waals surface area contributed by atoms with Gasteiger partial charge in [-0.2, -0.15) is 13.2 Å². The first-order valence-electron chi connectivity index (χ1n) is 7.58. The number of carbonyl (C=O) groups excluding carboxylic acids is 1. The Hall–Kier alpha value is -2.51. The highest BCUT2D eigenvalue weighted by Crippen LogP contribution is 2.36. The largest absolute Gasteiger partial charge is 0.418 e. The molecule has 0 aliphatic carbocycles. The zero-order valence-electron chi connectivity index (χ0n) is 13.7. The number of rotatable bonds is 3. The van der Waals surface area contributed by atoms with E-state index < -0.39 is 28.5 Å². The molecule has 0 saturated carbocycles. The molecule has 3 aromatic rings. The van der Waals surface area contributed by atoms with Crippen LogP contribution in [-0.4, -0.2) is 10.8 Å². The molecular weight excluding hydrogens is 404 g/mol. The van der Waals surface area contributed by atoms with Crippen LogP contribution in [0.15, 0.2) is 41.2 Å². The van der Waals surface area contributed by atoms with Gasteiger partial charge in [0.25, 0.3) is 0 Å². The van der Waals surface area contributed by atoms with E-state index in [0.29, 0.717) is 10.7 Å². The summed E-state index contributed by atoms with van der Waals surface area (Å²) < 4.78 is 40.2. The van der Waals surface area contributed by atoms with Crippen molar-refractivity contribution in [1.29, 1.82) is 0 Å². The number of alkyl halides is 3. The molecule has 3 rings (SSSR count). The molecule has 0 amide bonds. The van der Waals surface area contributed by atoms with Gasteiger partial charge in [-0.15, -0.1) is 0 Å². The van der Waals surface area contributed by atoms with Crippen LogP contribution in [0.3, 0.4) is 0 Å². The molecule has 2 aromatic carbocycles. The Bertz CT molecular complexity index is 1110. The second kappa shape index (κ2) is 6.90. The van der Waals surface area contributed by atoms with Gasteiger partial charge in [0, 0.05) is 21.1 Å². The molecule has 0 radical (unpaired) electrons. The number of aromatic amines is 1. The first kappa shape index (κ1) is 19.3. The number of nitrogens with one attached hydrogen (secondary N) is 2. The molecule has 0 aliphatic rings. The third-order valence-corrected chi connectivity index (χ3v) is 4.32. The summed E-state index contributed by atoms with van der Waals surface area (Å²) in [6, 6.07) is 8.04. The van der Waals surface area contributed by atoms with Crippen LogP contribution in [0.25, 0.3) is 10.9 Å². The summed E-state index contributed by atoms with van der Waals surface area (Å²) in [4.78, 5) is 27.3. The Morgan fingerprint density at radius 2 is 1.70 bits per heavy atom. The van der Waals surface area contributed by atoms with Crippen molar-refractivity contribution < 1.29 is 18.0 Å². The van der Waals surface area contributed by atoms with Gasteiger partial charge in [0.15, 0.2) is 5.78 Å². The van der Waals surface area contributed by atoms with E-state index in [-0.39, 0.29) is 21.8 Å². The van der Waals surface area contributed by atoms with Gasteiger partial charge < -0.3 is 10.3 Å². The van der Waals surface area contributed by atoms with Gasteiger partial charge in [0.1, 0.15) is 11.4 Å². The van der Waals surface area contributed by atoms with E-state index in [9.17, 15) is 22.8 Å². The molecule has 0 fully saturated rings. The Kier molecular flexibility index (Phi) is 4.92. The van der Waals surface area contributed by atoms with Crippen molar-refractivity contribution in [3.05, 3.63) is 67.8 Å². The van der Waals surface area contributed by atoms with Crippen molar-refractivity contribution in [3.8, 4) is 0 Å². The van der Waals surface area contributed by atoms with Crippen LogP contribution in [0.4, 0.5) is 24.7 Å². The maximum atomic E-state index is 13.4. The fourth-order valence-electron chi connectivity index (χ4n) is 2.69. The van der Waals surface area contributed by atoms with Crippen molar-refractivity contribution in [2.24, 2.45) is 0 Å². The Morgan fingerprint density at radius 3 is 2.26 bits per heavy atom. The highest BCUT2D eigenvalue weighted by atomic mass is 35.5. The van der Waals surface area contributed by atoms with E-state index in [1.54, 1.807) is 24.3 Å². The number of carbonyl (C=O) groups is 1. The first-order valence-corrected chi connectivity index (χ1v) is 8.34. The number of hydrogen-bond acceptors (Lipinski definition) is 3. The fraction of sp³-hybridized carbons (Fsp3) is 0.111. The molecule has 9 heteroatoms. The number of pyridine rings is 1. The molecular formula is C18H11Cl2F3N2O2. The number of fused-ring (bicyclic) bond motifs is 1. The monoisotopic (exact) mass is 414 g/mol. The molecule has 27 heavy (non-hydrogen) atoms. The topological polar surface area (TPSA) is 62.0 Å². The molecule has 4 nitrogen and oxygen atoms in total. The van der Waals surface area contributed by atoms with E-state index in [1.807, 2.05) is 0 Å². The van der Waals surface area contributed by atoms with Crippen molar-refractivity contribution >= 4 is 51.4 Å². The van der Waals surface area contributed by atoms with Gasteiger partial charge in [-0.05, 0) is 43.3 Å². The van der Waals surface area contributed by atoms with Crippen molar-refractivity contribution in [2.45, 2.75) is 13.1 Å². The van der Waals surface area contributed by atoms with Crippen LogP contribution in [0.2, 0.25) is 10.0 Å². The zero-order chi connectivity index (χ0) is 19.9. The van der Waals surface area contributed by atoms with Gasteiger partial charge in [-0.25, -0.2) is 0 Å². The van der Waals surface area contributed by atoms with Gasteiger partial charge in [0.2, 0.25) is 5.43 Å². The van der Waals surface area contributed by atoms with E-state index >= 15 is 0 Å². The summed E-state index contributed by atoms with van der Waals surface area (Å²) in [6.45, 7) is 1.15. The van der Waals surface area contributed by atoms with Crippen LogP contribution < -0.4 is 10.7 Å². The molecule has 0 spiro atoms. The van der Waals surface area contributed by atoms with Crippen LogP contribution in [0, 0.1) is 0 Å². The third kappa shape index (κ3) is 3.79. The summed E-state index contributed by atoms with van der Waals surface area (Å²) in [5.74, 6) is -0.752. The zero-order valence-corrected chi connectivity index (χ0v) is 15.2. The van der Waals surface area contributed by atoms with Crippen molar-refractivity contribution in [1.82, 2.24) is 4.98 Å². The molecule has 1 heterocycles. The van der Waals surface area contributed by atoms with E-state index in [4.69, 9.17) is 23.2 Å². The summed E-state index contributed by atoms with van der Waals surface area (Å²) in [5.41, 5.74) is -2.28. The van der Waals surface area contributed by atoms with E-state index in [0.717, 1.165) is 19.1 Å². The minimum Gasteiger partial charge on any atom is -0.341 e. The fourth-order valence-corrected chi connectivity index (χ4v) is 3.03. The Balaban J connectivity index is 2.33. The number of Topliss-reactive ketones (excluding diaryl/α,β-unsaturated/α-hetero) is 1. The number of benzene rings is 2. The predicted octanol–water partition coefficient (Wildman–Crippen LogP) is 5.80.